The Morgan fingerprint density at radius 3 is 2.50 bits per heavy atom. The molecule has 0 radical (unpaired) electrons. The highest BCUT2D eigenvalue weighted by molar-refractivity contribution is 8.00. The van der Waals surface area contributed by atoms with Crippen LogP contribution in [0.3, 0.4) is 0 Å². The van der Waals surface area contributed by atoms with Gasteiger partial charge in [0.1, 0.15) is 0 Å². The van der Waals surface area contributed by atoms with Gasteiger partial charge in [-0.25, -0.2) is 0 Å². The minimum Gasteiger partial charge on any atom is -0.399 e. The molecule has 1 aromatic rings. The Hall–Kier alpha value is -0.670. The van der Waals surface area contributed by atoms with Gasteiger partial charge in [0.15, 0.2) is 0 Å². The number of anilines is 1. The molecule has 1 fully saturated rings. The molecule has 0 heterocycles. The SMILES string of the molecule is Nc1ccc(S[C@@H]2CCC[C@H]2O)cc1. The van der Waals surface area contributed by atoms with E-state index in [4.69, 9.17) is 5.73 Å². The van der Waals surface area contributed by atoms with E-state index >= 15 is 0 Å². The molecule has 0 amide bonds. The second-order valence-electron chi connectivity index (χ2n) is 3.72. The second-order valence-corrected chi connectivity index (χ2v) is 5.04. The third-order valence-electron chi connectivity index (χ3n) is 2.59. The van der Waals surface area contributed by atoms with Gasteiger partial charge in [-0.1, -0.05) is 0 Å². The van der Waals surface area contributed by atoms with Gasteiger partial charge in [0.25, 0.3) is 0 Å². The molecular weight excluding hydrogens is 194 g/mol. The Balaban J connectivity index is 2.00. The zero-order valence-corrected chi connectivity index (χ0v) is 8.83. The molecule has 0 aromatic heterocycles. The highest BCUT2D eigenvalue weighted by Gasteiger charge is 2.25. The Morgan fingerprint density at radius 1 is 1.21 bits per heavy atom. The number of benzene rings is 1. The molecule has 0 unspecified atom stereocenters. The lowest BCUT2D eigenvalue weighted by Crippen LogP contribution is -2.14. The van der Waals surface area contributed by atoms with Crippen molar-refractivity contribution in [3.63, 3.8) is 0 Å². The van der Waals surface area contributed by atoms with E-state index in [0.717, 1.165) is 24.9 Å². The number of rotatable bonds is 2. The molecule has 14 heavy (non-hydrogen) atoms. The van der Waals surface area contributed by atoms with Gasteiger partial charge in [-0.05, 0) is 43.5 Å². The molecule has 3 heteroatoms. The standard InChI is InChI=1S/C11H15NOS/c12-8-4-6-9(7-5-8)14-11-3-1-2-10(11)13/h4-7,10-11,13H,1-3,12H2/t10-,11-/m1/s1. The molecule has 2 nitrogen and oxygen atoms in total. The Bertz CT molecular complexity index is 299. The first-order valence-electron chi connectivity index (χ1n) is 4.96. The molecule has 0 aliphatic heterocycles. The van der Waals surface area contributed by atoms with Gasteiger partial charge in [-0.15, -0.1) is 11.8 Å². The summed E-state index contributed by atoms with van der Waals surface area (Å²) >= 11 is 1.76. The molecule has 3 N–H and O–H groups in total. The molecule has 2 atom stereocenters. The fourth-order valence-electron chi connectivity index (χ4n) is 1.77. The molecule has 0 bridgehead atoms. The molecule has 1 saturated carbocycles. The van der Waals surface area contributed by atoms with Crippen molar-refractivity contribution in [2.75, 3.05) is 5.73 Å². The van der Waals surface area contributed by atoms with Crippen LogP contribution in [-0.4, -0.2) is 16.5 Å². The van der Waals surface area contributed by atoms with Crippen molar-refractivity contribution in [2.24, 2.45) is 0 Å². The number of nitrogen functional groups attached to an aromatic ring is 1. The summed E-state index contributed by atoms with van der Waals surface area (Å²) in [5.41, 5.74) is 6.40. The van der Waals surface area contributed by atoms with E-state index in [2.05, 4.69) is 0 Å². The summed E-state index contributed by atoms with van der Waals surface area (Å²) in [4.78, 5) is 1.20. The van der Waals surface area contributed by atoms with E-state index in [1.165, 1.54) is 4.90 Å². The van der Waals surface area contributed by atoms with E-state index in [9.17, 15) is 5.11 Å². The van der Waals surface area contributed by atoms with E-state index in [1.807, 2.05) is 24.3 Å². The zero-order chi connectivity index (χ0) is 9.97. The quantitative estimate of drug-likeness (QED) is 0.734. The average molecular weight is 209 g/mol. The van der Waals surface area contributed by atoms with Crippen molar-refractivity contribution in [1.29, 1.82) is 0 Å². The number of thioether (sulfide) groups is 1. The monoisotopic (exact) mass is 209 g/mol. The van der Waals surface area contributed by atoms with Crippen molar-refractivity contribution in [1.82, 2.24) is 0 Å². The lowest BCUT2D eigenvalue weighted by Gasteiger charge is -2.13. The summed E-state index contributed by atoms with van der Waals surface area (Å²) in [5, 5.41) is 10.0. The van der Waals surface area contributed by atoms with Crippen LogP contribution in [0.1, 0.15) is 19.3 Å². The van der Waals surface area contributed by atoms with Crippen LogP contribution < -0.4 is 5.73 Å². The van der Waals surface area contributed by atoms with Gasteiger partial charge in [0.2, 0.25) is 0 Å². The minimum atomic E-state index is -0.127. The van der Waals surface area contributed by atoms with E-state index in [0.29, 0.717) is 5.25 Å². The van der Waals surface area contributed by atoms with Crippen LogP contribution in [0.2, 0.25) is 0 Å². The second kappa shape index (κ2) is 4.24. The zero-order valence-electron chi connectivity index (χ0n) is 8.02. The lowest BCUT2D eigenvalue weighted by molar-refractivity contribution is 0.188. The molecule has 1 aliphatic carbocycles. The number of hydrogen-bond acceptors (Lipinski definition) is 3. The summed E-state index contributed by atoms with van der Waals surface area (Å²) in [6, 6.07) is 7.85. The van der Waals surface area contributed by atoms with Crippen LogP contribution in [-0.2, 0) is 0 Å². The Kier molecular flexibility index (Phi) is 2.99. The van der Waals surface area contributed by atoms with E-state index in [-0.39, 0.29) is 6.10 Å². The number of hydrogen-bond donors (Lipinski definition) is 2. The third-order valence-corrected chi connectivity index (χ3v) is 3.98. The predicted molar refractivity (Wildman–Crippen MR) is 60.4 cm³/mol. The maximum atomic E-state index is 9.66. The Morgan fingerprint density at radius 2 is 1.93 bits per heavy atom. The first kappa shape index (κ1) is 9.87. The van der Waals surface area contributed by atoms with Crippen LogP contribution in [0.25, 0.3) is 0 Å². The molecule has 2 rings (SSSR count). The van der Waals surface area contributed by atoms with Gasteiger partial charge in [-0.3, -0.25) is 0 Å². The minimum absolute atomic E-state index is 0.127. The number of aliphatic hydroxyl groups is 1. The molecule has 0 spiro atoms. The van der Waals surface area contributed by atoms with Gasteiger partial charge >= 0.3 is 0 Å². The maximum absolute atomic E-state index is 9.66. The van der Waals surface area contributed by atoms with Crippen molar-refractivity contribution >= 4 is 17.4 Å². The Labute approximate surface area is 88.5 Å². The smallest absolute Gasteiger partial charge is 0.0662 e. The van der Waals surface area contributed by atoms with Gasteiger partial charge in [0, 0.05) is 15.8 Å². The van der Waals surface area contributed by atoms with Crippen LogP contribution in [0, 0.1) is 0 Å². The molecule has 1 aliphatic rings. The number of aliphatic hydroxyl groups excluding tert-OH is 1. The highest BCUT2D eigenvalue weighted by atomic mass is 32.2. The van der Waals surface area contributed by atoms with Gasteiger partial charge < -0.3 is 10.8 Å². The molecule has 0 saturated heterocycles. The summed E-state index contributed by atoms with van der Waals surface area (Å²) in [7, 11) is 0. The van der Waals surface area contributed by atoms with Crippen molar-refractivity contribution in [3.05, 3.63) is 24.3 Å². The molecular formula is C11H15NOS. The molecule has 76 valence electrons. The largest absolute Gasteiger partial charge is 0.399 e. The first-order chi connectivity index (χ1) is 6.75. The van der Waals surface area contributed by atoms with Crippen LogP contribution in [0.15, 0.2) is 29.2 Å². The summed E-state index contributed by atoms with van der Waals surface area (Å²) in [6.07, 6.45) is 3.09. The first-order valence-corrected chi connectivity index (χ1v) is 5.84. The van der Waals surface area contributed by atoms with Gasteiger partial charge in [-0.2, -0.15) is 0 Å². The highest BCUT2D eigenvalue weighted by Crippen LogP contribution is 2.35. The van der Waals surface area contributed by atoms with Crippen molar-refractivity contribution in [2.45, 2.75) is 35.5 Å². The van der Waals surface area contributed by atoms with Crippen LogP contribution >= 0.6 is 11.8 Å². The van der Waals surface area contributed by atoms with Crippen LogP contribution in [0.4, 0.5) is 5.69 Å². The van der Waals surface area contributed by atoms with Crippen LogP contribution in [0.5, 0.6) is 0 Å². The van der Waals surface area contributed by atoms with Crippen molar-refractivity contribution in [3.8, 4) is 0 Å². The van der Waals surface area contributed by atoms with E-state index < -0.39 is 0 Å². The summed E-state index contributed by atoms with van der Waals surface area (Å²) in [6.45, 7) is 0. The summed E-state index contributed by atoms with van der Waals surface area (Å²) in [5.74, 6) is 0. The fourth-order valence-corrected chi connectivity index (χ4v) is 2.99. The lowest BCUT2D eigenvalue weighted by atomic mass is 10.3. The van der Waals surface area contributed by atoms with Crippen molar-refractivity contribution < 1.29 is 5.11 Å². The van der Waals surface area contributed by atoms with Gasteiger partial charge in [0.05, 0.1) is 6.10 Å². The van der Waals surface area contributed by atoms with E-state index in [1.54, 1.807) is 11.8 Å². The maximum Gasteiger partial charge on any atom is 0.0662 e. The third kappa shape index (κ3) is 2.22. The normalized spacial score (nSPS) is 26.6. The average Bonchev–Trinajstić information content (AvgIpc) is 2.56. The summed E-state index contributed by atoms with van der Waals surface area (Å²) < 4.78 is 0. The predicted octanol–water partition coefficient (Wildman–Crippen LogP) is 2.27. The topological polar surface area (TPSA) is 46.2 Å². The fraction of sp³-hybridized carbons (Fsp3) is 0.455. The molecule has 1 aromatic carbocycles. The number of nitrogens with two attached hydrogens (primary N) is 1.